The van der Waals surface area contributed by atoms with Gasteiger partial charge < -0.3 is 5.32 Å². The molecule has 0 unspecified atom stereocenters. The number of hydrogen-bond donors (Lipinski definition) is 2. The van der Waals surface area contributed by atoms with Crippen LogP contribution in [-0.4, -0.2) is 21.4 Å². The highest BCUT2D eigenvalue weighted by Crippen LogP contribution is 2.22. The lowest BCUT2D eigenvalue weighted by molar-refractivity contribution is 0.0964. The van der Waals surface area contributed by atoms with Crippen LogP contribution in [0.4, 0.5) is 5.69 Å². The maximum absolute atomic E-state index is 12.6. The highest BCUT2D eigenvalue weighted by molar-refractivity contribution is 7.92. The average Bonchev–Trinajstić information content (AvgIpc) is 2.46. The number of carbonyl (C=O) groups is 1. The predicted octanol–water partition coefficient (Wildman–Crippen LogP) is 2.46. The van der Waals surface area contributed by atoms with Gasteiger partial charge in [0.05, 0.1) is 16.1 Å². The van der Waals surface area contributed by atoms with E-state index in [1.54, 1.807) is 49.4 Å². The van der Waals surface area contributed by atoms with Gasteiger partial charge in [0, 0.05) is 7.05 Å². The smallest absolute Gasteiger partial charge is 0.262 e. The number of hydrogen-bond acceptors (Lipinski definition) is 3. The minimum atomic E-state index is -3.76. The molecule has 0 aliphatic rings. The first kappa shape index (κ1) is 16.0. The Morgan fingerprint density at radius 1 is 1.05 bits per heavy atom. The van der Waals surface area contributed by atoms with Gasteiger partial charge in [-0.05, 0) is 37.6 Å². The Labute approximate surface area is 130 Å². The summed E-state index contributed by atoms with van der Waals surface area (Å²) in [7, 11) is -2.26. The minimum absolute atomic E-state index is 0.199. The van der Waals surface area contributed by atoms with Crippen LogP contribution in [0, 0.1) is 13.8 Å². The standard InChI is InChI=1S/C16H18N2O3S/c1-11-8-9-15(12(2)10-11)22(20,21)18-14-7-5-4-6-13(14)16(19)17-3/h4-10,18H,1-3H3,(H,17,19). The number of rotatable bonds is 4. The van der Waals surface area contributed by atoms with Crippen molar-refractivity contribution in [3.8, 4) is 0 Å². The zero-order valence-electron chi connectivity index (χ0n) is 12.7. The van der Waals surface area contributed by atoms with Gasteiger partial charge in [-0.15, -0.1) is 0 Å². The lowest BCUT2D eigenvalue weighted by atomic mass is 10.2. The maximum atomic E-state index is 12.6. The van der Waals surface area contributed by atoms with Crippen molar-refractivity contribution in [2.75, 3.05) is 11.8 Å². The molecule has 5 nitrogen and oxygen atoms in total. The molecule has 0 heterocycles. The number of nitrogens with one attached hydrogen (secondary N) is 2. The fourth-order valence-electron chi connectivity index (χ4n) is 2.21. The van der Waals surface area contributed by atoms with Crippen LogP contribution in [0.2, 0.25) is 0 Å². The fourth-order valence-corrected chi connectivity index (χ4v) is 3.51. The second-order valence-electron chi connectivity index (χ2n) is 5.00. The van der Waals surface area contributed by atoms with Gasteiger partial charge >= 0.3 is 0 Å². The minimum Gasteiger partial charge on any atom is -0.355 e. The molecular formula is C16H18N2O3S. The van der Waals surface area contributed by atoms with E-state index in [9.17, 15) is 13.2 Å². The van der Waals surface area contributed by atoms with Gasteiger partial charge in [0.15, 0.2) is 0 Å². The molecule has 0 spiro atoms. The van der Waals surface area contributed by atoms with Crippen molar-refractivity contribution in [3.05, 3.63) is 59.2 Å². The molecule has 2 rings (SSSR count). The van der Waals surface area contributed by atoms with Gasteiger partial charge in [-0.25, -0.2) is 8.42 Å². The first-order chi connectivity index (χ1) is 10.3. The summed E-state index contributed by atoms with van der Waals surface area (Å²) in [4.78, 5) is 12.0. The van der Waals surface area contributed by atoms with Gasteiger partial charge in [-0.1, -0.05) is 29.8 Å². The molecule has 0 saturated carbocycles. The summed E-state index contributed by atoms with van der Waals surface area (Å²) >= 11 is 0. The molecule has 22 heavy (non-hydrogen) atoms. The van der Waals surface area contributed by atoms with E-state index in [4.69, 9.17) is 0 Å². The van der Waals surface area contributed by atoms with E-state index < -0.39 is 10.0 Å². The monoisotopic (exact) mass is 318 g/mol. The maximum Gasteiger partial charge on any atom is 0.262 e. The molecule has 0 fully saturated rings. The second-order valence-corrected chi connectivity index (χ2v) is 6.65. The number of benzene rings is 2. The van der Waals surface area contributed by atoms with E-state index >= 15 is 0 Å². The number of carbonyl (C=O) groups excluding carboxylic acids is 1. The normalized spacial score (nSPS) is 11.0. The molecule has 0 aliphatic carbocycles. The Morgan fingerprint density at radius 2 is 1.73 bits per heavy atom. The summed E-state index contributed by atoms with van der Waals surface area (Å²) in [5, 5.41) is 2.49. The molecule has 0 saturated heterocycles. The van der Waals surface area contributed by atoms with Crippen molar-refractivity contribution >= 4 is 21.6 Å². The largest absolute Gasteiger partial charge is 0.355 e. The molecule has 116 valence electrons. The van der Waals surface area contributed by atoms with E-state index in [1.807, 2.05) is 6.92 Å². The summed E-state index contributed by atoms with van der Waals surface area (Å²) in [6.07, 6.45) is 0. The predicted molar refractivity (Wildman–Crippen MR) is 86.6 cm³/mol. The number of anilines is 1. The molecule has 2 aromatic carbocycles. The van der Waals surface area contributed by atoms with Crippen molar-refractivity contribution in [2.24, 2.45) is 0 Å². The molecule has 2 aromatic rings. The SMILES string of the molecule is CNC(=O)c1ccccc1NS(=O)(=O)c1ccc(C)cc1C. The van der Waals surface area contributed by atoms with Gasteiger partial charge in [-0.3, -0.25) is 9.52 Å². The lowest BCUT2D eigenvalue weighted by Gasteiger charge is -2.13. The molecule has 1 amide bonds. The zero-order valence-corrected chi connectivity index (χ0v) is 13.5. The molecule has 6 heteroatoms. The van der Waals surface area contributed by atoms with Crippen LogP contribution in [0.25, 0.3) is 0 Å². The molecule has 0 aromatic heterocycles. The molecule has 2 N–H and O–H groups in total. The first-order valence-corrected chi connectivity index (χ1v) is 8.24. The van der Waals surface area contributed by atoms with E-state index in [1.165, 1.54) is 7.05 Å². The van der Waals surface area contributed by atoms with Crippen molar-refractivity contribution < 1.29 is 13.2 Å². The number of aryl methyl sites for hydroxylation is 2. The Hall–Kier alpha value is -2.34. The molecule has 0 bridgehead atoms. The Balaban J connectivity index is 2.44. The third kappa shape index (κ3) is 3.28. The summed E-state index contributed by atoms with van der Waals surface area (Å²) in [6, 6.07) is 11.6. The van der Waals surface area contributed by atoms with E-state index in [-0.39, 0.29) is 22.1 Å². The van der Waals surface area contributed by atoms with E-state index in [0.717, 1.165) is 5.56 Å². The third-order valence-electron chi connectivity index (χ3n) is 3.26. The van der Waals surface area contributed by atoms with Crippen LogP contribution in [0.3, 0.4) is 0 Å². The van der Waals surface area contributed by atoms with E-state index in [2.05, 4.69) is 10.0 Å². The van der Waals surface area contributed by atoms with Gasteiger partial charge in [-0.2, -0.15) is 0 Å². The van der Waals surface area contributed by atoms with Crippen LogP contribution in [0.1, 0.15) is 21.5 Å². The zero-order chi connectivity index (χ0) is 16.3. The summed E-state index contributed by atoms with van der Waals surface area (Å²) in [5.41, 5.74) is 2.17. The molecular weight excluding hydrogens is 300 g/mol. The number of sulfonamides is 1. The first-order valence-electron chi connectivity index (χ1n) is 6.76. The topological polar surface area (TPSA) is 75.3 Å². The summed E-state index contributed by atoms with van der Waals surface area (Å²) < 4.78 is 27.6. The number of amides is 1. The summed E-state index contributed by atoms with van der Waals surface area (Å²) in [5.74, 6) is -0.348. The van der Waals surface area contributed by atoms with Crippen LogP contribution >= 0.6 is 0 Å². The summed E-state index contributed by atoms with van der Waals surface area (Å²) in [6.45, 7) is 3.64. The lowest BCUT2D eigenvalue weighted by Crippen LogP contribution is -2.22. The Kier molecular flexibility index (Phi) is 4.51. The van der Waals surface area contributed by atoms with Crippen molar-refractivity contribution in [2.45, 2.75) is 18.7 Å². The third-order valence-corrected chi connectivity index (χ3v) is 4.79. The Morgan fingerprint density at radius 3 is 2.36 bits per heavy atom. The van der Waals surface area contributed by atoms with Crippen LogP contribution in [0.15, 0.2) is 47.4 Å². The molecule has 0 aliphatic heterocycles. The van der Waals surface area contributed by atoms with Gasteiger partial charge in [0.1, 0.15) is 0 Å². The quantitative estimate of drug-likeness (QED) is 0.909. The van der Waals surface area contributed by atoms with Crippen LogP contribution < -0.4 is 10.0 Å². The fraction of sp³-hybridized carbons (Fsp3) is 0.188. The van der Waals surface area contributed by atoms with Crippen LogP contribution in [0.5, 0.6) is 0 Å². The van der Waals surface area contributed by atoms with Crippen LogP contribution in [-0.2, 0) is 10.0 Å². The highest BCUT2D eigenvalue weighted by atomic mass is 32.2. The Bertz CT molecular complexity index is 814. The van der Waals surface area contributed by atoms with Gasteiger partial charge in [0.25, 0.3) is 15.9 Å². The molecule has 0 radical (unpaired) electrons. The number of para-hydroxylation sites is 1. The second kappa shape index (κ2) is 6.19. The van der Waals surface area contributed by atoms with Crippen molar-refractivity contribution in [1.82, 2.24) is 5.32 Å². The molecule has 0 atom stereocenters. The van der Waals surface area contributed by atoms with E-state index in [0.29, 0.717) is 5.56 Å². The van der Waals surface area contributed by atoms with Crippen molar-refractivity contribution in [1.29, 1.82) is 0 Å². The highest BCUT2D eigenvalue weighted by Gasteiger charge is 2.19. The van der Waals surface area contributed by atoms with Gasteiger partial charge in [0.2, 0.25) is 0 Å². The average molecular weight is 318 g/mol. The van der Waals surface area contributed by atoms with Crippen molar-refractivity contribution in [3.63, 3.8) is 0 Å².